The number of hydrogen-bond acceptors (Lipinski definition) is 8. The number of carbonyl (C=O) groups is 4. The van der Waals surface area contributed by atoms with E-state index in [0.717, 1.165) is 14.1 Å². The second-order valence-electron chi connectivity index (χ2n) is 7.10. The molecule has 4 N–H and O–H groups in total. The molecule has 0 aliphatic heterocycles. The van der Waals surface area contributed by atoms with E-state index in [2.05, 4.69) is 0 Å². The molecule has 2 unspecified atom stereocenters. The fourth-order valence-electron chi connectivity index (χ4n) is 3.91. The average molecular weight is 428 g/mol. The highest BCUT2D eigenvalue weighted by Crippen LogP contribution is 2.39. The van der Waals surface area contributed by atoms with Gasteiger partial charge in [0.05, 0.1) is 45.9 Å². The van der Waals surface area contributed by atoms with Crippen LogP contribution in [0.5, 0.6) is 0 Å². The van der Waals surface area contributed by atoms with E-state index in [4.69, 9.17) is 15.6 Å². The highest BCUT2D eigenvalue weighted by Gasteiger charge is 2.71. The Hall–Kier alpha value is -2.90. The summed E-state index contributed by atoms with van der Waals surface area (Å²) in [5.74, 6) is -4.70. The van der Waals surface area contributed by atoms with E-state index in [0.29, 0.717) is 0 Å². The highest BCUT2D eigenvalue weighted by molar-refractivity contribution is 5.84. The highest BCUT2D eigenvalue weighted by atomic mass is 16.4. The van der Waals surface area contributed by atoms with E-state index in [-0.39, 0.29) is 6.42 Å². The maximum atomic E-state index is 12.9. The molecule has 12 nitrogen and oxygen atoms in total. The summed E-state index contributed by atoms with van der Waals surface area (Å²) in [5, 5.41) is 56.5. The van der Waals surface area contributed by atoms with Gasteiger partial charge in [0.2, 0.25) is 0 Å². The van der Waals surface area contributed by atoms with Crippen molar-refractivity contribution in [2.75, 3.05) is 40.4 Å². The fraction of sp³-hybridized carbons (Fsp3) is 0.667. The number of carboxylic acids is 2. The molecular weight excluding hydrogens is 400 g/mol. The van der Waals surface area contributed by atoms with E-state index >= 15 is 0 Å². The number of likely N-dealkylation sites (N-methyl/N-ethyl adjacent to an activating group) is 2. The number of amides is 2. The molecule has 0 fully saturated rings. The SMILES string of the molecule is C[N+](CCO)(C(=O)CC#N)C(CCCC(=O)O)(C(=O)O)[N+](C)(CCO)C(=O)CC#N. The normalized spacial score (nSPS) is 16.7. The van der Waals surface area contributed by atoms with E-state index in [1.807, 2.05) is 0 Å². The molecule has 2 atom stereocenters. The number of quaternary nitrogens is 2. The molecule has 0 aliphatic rings. The number of nitrogens with zero attached hydrogens (tertiary/aromatic N) is 4. The molecule has 0 aromatic rings. The average Bonchev–Trinajstić information content (AvgIpc) is 2.65. The number of rotatable bonds is 13. The standard InChI is InChI=1S/C18H26N4O8/c1-21(10-12-23,14(25)5-8-19)18(17(29)30,7-3-4-16(27)28)22(2,11-13-24)15(26)6-9-20/h23-24H,3-7,10-13H2,1-2H3/p+2. The summed E-state index contributed by atoms with van der Waals surface area (Å²) in [4.78, 5) is 49.7. The van der Waals surface area contributed by atoms with Crippen molar-refractivity contribution in [1.82, 2.24) is 0 Å². The third-order valence-electron chi connectivity index (χ3n) is 5.55. The molecule has 0 heterocycles. The van der Waals surface area contributed by atoms with Gasteiger partial charge in [-0.05, 0) is 6.42 Å². The Balaban J connectivity index is 7.16. The monoisotopic (exact) mass is 428 g/mol. The van der Waals surface area contributed by atoms with Crippen molar-refractivity contribution in [3.63, 3.8) is 0 Å². The third kappa shape index (κ3) is 4.98. The van der Waals surface area contributed by atoms with Gasteiger partial charge in [-0.15, -0.1) is 0 Å². The summed E-state index contributed by atoms with van der Waals surface area (Å²) in [6, 6.07) is 3.25. The van der Waals surface area contributed by atoms with Gasteiger partial charge in [-0.3, -0.25) is 4.79 Å². The predicted octanol–water partition coefficient (Wildman–Crippen LogP) is -1.22. The number of hydrogen-bond donors (Lipinski definition) is 4. The number of carbonyl (C=O) groups excluding carboxylic acids is 2. The van der Waals surface area contributed by atoms with Crippen molar-refractivity contribution >= 4 is 23.8 Å². The minimum atomic E-state index is -2.40. The van der Waals surface area contributed by atoms with Crippen LogP contribution in [0.1, 0.15) is 32.1 Å². The summed E-state index contributed by atoms with van der Waals surface area (Å²) in [6.45, 7) is -2.32. The first kappa shape index (κ1) is 27.1. The fourth-order valence-corrected chi connectivity index (χ4v) is 3.91. The molecule has 30 heavy (non-hydrogen) atoms. The van der Waals surface area contributed by atoms with Gasteiger partial charge in [-0.2, -0.15) is 19.5 Å². The van der Waals surface area contributed by atoms with E-state index < -0.39 is 90.4 Å². The van der Waals surface area contributed by atoms with Crippen molar-refractivity contribution in [3.05, 3.63) is 0 Å². The summed E-state index contributed by atoms with van der Waals surface area (Å²) in [5.41, 5.74) is -2.40. The van der Waals surface area contributed by atoms with Gasteiger partial charge in [0, 0.05) is 6.42 Å². The van der Waals surface area contributed by atoms with E-state index in [9.17, 15) is 34.5 Å². The molecule has 0 saturated heterocycles. The van der Waals surface area contributed by atoms with Crippen molar-refractivity contribution < 1.29 is 48.6 Å². The second kappa shape index (κ2) is 11.3. The molecule has 0 bridgehead atoms. The Labute approximate surface area is 173 Å². The zero-order valence-corrected chi connectivity index (χ0v) is 17.1. The molecular formula is C18H28N4O8+2. The molecule has 0 aliphatic carbocycles. The largest absolute Gasteiger partial charge is 0.481 e. The molecule has 0 rings (SSSR count). The van der Waals surface area contributed by atoms with Crippen molar-refractivity contribution in [3.8, 4) is 12.1 Å². The minimum absolute atomic E-state index is 0.250. The van der Waals surface area contributed by atoms with E-state index in [1.54, 1.807) is 12.1 Å². The molecule has 0 saturated carbocycles. The lowest BCUT2D eigenvalue weighted by Gasteiger charge is -2.52. The maximum Gasteiger partial charge on any atom is 0.427 e. The molecule has 0 radical (unpaired) electrons. The third-order valence-corrected chi connectivity index (χ3v) is 5.55. The van der Waals surface area contributed by atoms with Gasteiger partial charge in [-0.1, -0.05) is 0 Å². The Bertz CT molecular complexity index is 712. The summed E-state index contributed by atoms with van der Waals surface area (Å²) < 4.78 is -2.20. The van der Waals surface area contributed by atoms with Gasteiger partial charge in [0.15, 0.2) is 12.8 Å². The van der Waals surface area contributed by atoms with Crippen LogP contribution in [0, 0.1) is 22.7 Å². The van der Waals surface area contributed by atoms with Crippen LogP contribution in [0.4, 0.5) is 0 Å². The van der Waals surface area contributed by atoms with Gasteiger partial charge < -0.3 is 20.4 Å². The smallest absolute Gasteiger partial charge is 0.427 e. The zero-order chi connectivity index (χ0) is 23.6. The minimum Gasteiger partial charge on any atom is -0.481 e. The summed E-state index contributed by atoms with van der Waals surface area (Å²) >= 11 is 0. The van der Waals surface area contributed by atoms with Crippen molar-refractivity contribution in [1.29, 1.82) is 10.5 Å². The van der Waals surface area contributed by atoms with Crippen molar-refractivity contribution in [2.24, 2.45) is 0 Å². The Morgan fingerprint density at radius 3 is 1.53 bits per heavy atom. The van der Waals surface area contributed by atoms with Crippen LogP contribution in [-0.2, 0) is 19.2 Å². The summed E-state index contributed by atoms with van der Waals surface area (Å²) in [6.07, 6.45) is -2.67. The lowest BCUT2D eigenvalue weighted by molar-refractivity contribution is -1.08. The first-order valence-electron chi connectivity index (χ1n) is 9.14. The van der Waals surface area contributed by atoms with Crippen LogP contribution < -0.4 is 0 Å². The molecule has 166 valence electrons. The maximum absolute atomic E-state index is 12.9. The first-order chi connectivity index (χ1) is 13.9. The number of aliphatic hydroxyl groups excluding tert-OH is 2. The number of nitriles is 2. The lowest BCUT2D eigenvalue weighted by atomic mass is 9.90. The number of carboxylic acid groups (broad SMARTS) is 2. The van der Waals surface area contributed by atoms with Gasteiger partial charge >= 0.3 is 29.4 Å². The number of aliphatic carboxylic acids is 2. The predicted molar refractivity (Wildman–Crippen MR) is 98.6 cm³/mol. The van der Waals surface area contributed by atoms with Crippen LogP contribution in [0.25, 0.3) is 0 Å². The molecule has 0 spiro atoms. The van der Waals surface area contributed by atoms with E-state index in [1.165, 1.54) is 0 Å². The van der Waals surface area contributed by atoms with Crippen molar-refractivity contribution in [2.45, 2.75) is 37.8 Å². The molecule has 0 aromatic heterocycles. The quantitative estimate of drug-likeness (QED) is 0.204. The second-order valence-corrected chi connectivity index (χ2v) is 7.10. The Kier molecular flexibility index (Phi) is 10.2. The first-order valence-corrected chi connectivity index (χ1v) is 9.14. The zero-order valence-electron chi connectivity index (χ0n) is 17.1. The molecule has 0 aromatic carbocycles. The number of aliphatic hydroxyl groups is 2. The van der Waals surface area contributed by atoms with Gasteiger partial charge in [0.25, 0.3) is 0 Å². The van der Waals surface area contributed by atoms with Gasteiger partial charge in [0.1, 0.15) is 13.1 Å². The van der Waals surface area contributed by atoms with Crippen LogP contribution in [0.3, 0.4) is 0 Å². The summed E-state index contributed by atoms with van der Waals surface area (Å²) in [7, 11) is 2.30. The lowest BCUT2D eigenvalue weighted by Crippen LogP contribution is -2.83. The van der Waals surface area contributed by atoms with Crippen LogP contribution in [-0.4, -0.2) is 99.2 Å². The Morgan fingerprint density at radius 2 is 1.27 bits per heavy atom. The van der Waals surface area contributed by atoms with Crippen LogP contribution in [0.15, 0.2) is 0 Å². The van der Waals surface area contributed by atoms with Crippen LogP contribution >= 0.6 is 0 Å². The molecule has 2 amide bonds. The molecule has 12 heteroatoms. The Morgan fingerprint density at radius 1 is 0.867 bits per heavy atom. The van der Waals surface area contributed by atoms with Gasteiger partial charge in [-0.25, -0.2) is 14.4 Å². The topological polar surface area (TPSA) is 197 Å². The van der Waals surface area contributed by atoms with Crippen LogP contribution in [0.2, 0.25) is 0 Å².